The van der Waals surface area contributed by atoms with Gasteiger partial charge in [-0.15, -0.1) is 0 Å². The standard InChI is InChI=1S/C19H19N5/c1-12-7-8-14-11-15(9-10-16(14)23-12)17(20)18(24-19(21)22)13-5-3-2-4-6-13/h2-11H,20H2,1H3,(H4,21,22,24)/b18-17-. The fraction of sp³-hybridized carbons (Fsp3) is 0.0526. The van der Waals surface area contributed by atoms with E-state index >= 15 is 0 Å². The van der Waals surface area contributed by atoms with Crippen LogP contribution >= 0.6 is 0 Å². The van der Waals surface area contributed by atoms with E-state index in [1.54, 1.807) is 0 Å². The van der Waals surface area contributed by atoms with Crippen LogP contribution in [0.1, 0.15) is 16.8 Å². The SMILES string of the molecule is Cc1ccc2cc(/C(N)=C(/N=C(N)N)c3ccccc3)ccc2n1. The van der Waals surface area contributed by atoms with Gasteiger partial charge in [0.25, 0.3) is 0 Å². The van der Waals surface area contributed by atoms with Crippen LogP contribution in [0.2, 0.25) is 0 Å². The molecule has 0 radical (unpaired) electrons. The van der Waals surface area contributed by atoms with Crippen LogP contribution in [0.15, 0.2) is 65.7 Å². The summed E-state index contributed by atoms with van der Waals surface area (Å²) in [5, 5.41) is 1.01. The molecule has 0 aliphatic carbocycles. The number of nitrogens with two attached hydrogens (primary N) is 3. The third kappa shape index (κ3) is 3.20. The molecule has 0 spiro atoms. The first-order valence-corrected chi connectivity index (χ1v) is 7.57. The predicted octanol–water partition coefficient (Wildman–Crippen LogP) is 2.60. The lowest BCUT2D eigenvalue weighted by atomic mass is 10.0. The molecule has 0 atom stereocenters. The molecule has 1 heterocycles. The van der Waals surface area contributed by atoms with E-state index in [1.165, 1.54) is 0 Å². The molecule has 0 amide bonds. The molecule has 2 aromatic carbocycles. The maximum absolute atomic E-state index is 6.38. The number of nitrogens with zero attached hydrogens (tertiary/aromatic N) is 2. The fourth-order valence-corrected chi connectivity index (χ4v) is 2.54. The van der Waals surface area contributed by atoms with E-state index in [9.17, 15) is 0 Å². The number of benzene rings is 2. The van der Waals surface area contributed by atoms with Crippen molar-refractivity contribution < 1.29 is 0 Å². The largest absolute Gasteiger partial charge is 0.396 e. The Morgan fingerprint density at radius 2 is 1.62 bits per heavy atom. The van der Waals surface area contributed by atoms with Gasteiger partial charge in [0.1, 0.15) is 0 Å². The Bertz CT molecular complexity index is 938. The van der Waals surface area contributed by atoms with Crippen molar-refractivity contribution in [1.82, 2.24) is 4.98 Å². The van der Waals surface area contributed by atoms with Crippen LogP contribution in [0.4, 0.5) is 0 Å². The minimum Gasteiger partial charge on any atom is -0.396 e. The zero-order valence-corrected chi connectivity index (χ0v) is 13.4. The van der Waals surface area contributed by atoms with Crippen molar-refractivity contribution in [2.24, 2.45) is 22.2 Å². The van der Waals surface area contributed by atoms with Crippen LogP contribution in [0.5, 0.6) is 0 Å². The van der Waals surface area contributed by atoms with Gasteiger partial charge >= 0.3 is 0 Å². The van der Waals surface area contributed by atoms with Gasteiger partial charge in [0.05, 0.1) is 16.9 Å². The van der Waals surface area contributed by atoms with Crippen molar-refractivity contribution in [2.45, 2.75) is 6.92 Å². The number of hydrogen-bond donors (Lipinski definition) is 3. The van der Waals surface area contributed by atoms with Crippen LogP contribution in [-0.2, 0) is 0 Å². The zero-order valence-electron chi connectivity index (χ0n) is 13.4. The quantitative estimate of drug-likeness (QED) is 0.392. The maximum atomic E-state index is 6.38. The van der Waals surface area contributed by atoms with Crippen LogP contribution in [-0.4, -0.2) is 10.9 Å². The van der Waals surface area contributed by atoms with Crippen molar-refractivity contribution in [3.8, 4) is 0 Å². The first-order chi connectivity index (χ1) is 11.5. The van der Waals surface area contributed by atoms with Crippen LogP contribution in [0.3, 0.4) is 0 Å². The second-order valence-electron chi connectivity index (χ2n) is 5.53. The van der Waals surface area contributed by atoms with Gasteiger partial charge in [-0.1, -0.05) is 42.5 Å². The zero-order chi connectivity index (χ0) is 17.1. The van der Waals surface area contributed by atoms with Crippen molar-refractivity contribution in [3.05, 3.63) is 77.5 Å². The minimum absolute atomic E-state index is 0.0325. The molecule has 0 aliphatic heterocycles. The van der Waals surface area contributed by atoms with E-state index in [-0.39, 0.29) is 5.96 Å². The van der Waals surface area contributed by atoms with Gasteiger partial charge in [-0.05, 0) is 25.1 Å². The number of aryl methyl sites for hydroxylation is 1. The Morgan fingerprint density at radius 1 is 0.875 bits per heavy atom. The third-order valence-corrected chi connectivity index (χ3v) is 3.68. The molecular weight excluding hydrogens is 298 g/mol. The van der Waals surface area contributed by atoms with Crippen LogP contribution in [0.25, 0.3) is 22.3 Å². The highest BCUT2D eigenvalue weighted by Crippen LogP contribution is 2.26. The summed E-state index contributed by atoms with van der Waals surface area (Å²) >= 11 is 0. The van der Waals surface area contributed by atoms with Gasteiger partial charge in [-0.3, -0.25) is 4.98 Å². The topological polar surface area (TPSA) is 103 Å². The monoisotopic (exact) mass is 317 g/mol. The van der Waals surface area contributed by atoms with Crippen LogP contribution < -0.4 is 17.2 Å². The fourth-order valence-electron chi connectivity index (χ4n) is 2.54. The molecule has 0 unspecified atom stereocenters. The summed E-state index contributed by atoms with van der Waals surface area (Å²) in [6, 6.07) is 19.4. The van der Waals surface area contributed by atoms with Gasteiger partial charge in [-0.25, -0.2) is 4.99 Å². The third-order valence-electron chi connectivity index (χ3n) is 3.68. The van der Waals surface area contributed by atoms with E-state index in [4.69, 9.17) is 17.2 Å². The van der Waals surface area contributed by atoms with E-state index in [1.807, 2.05) is 67.6 Å². The second-order valence-corrected chi connectivity index (χ2v) is 5.53. The van der Waals surface area contributed by atoms with E-state index < -0.39 is 0 Å². The highest BCUT2D eigenvalue weighted by Gasteiger charge is 2.09. The molecule has 0 saturated carbocycles. The Balaban J connectivity index is 2.18. The van der Waals surface area contributed by atoms with Gasteiger partial charge in [0, 0.05) is 22.2 Å². The van der Waals surface area contributed by atoms with E-state index in [0.717, 1.165) is 27.7 Å². The number of aromatic nitrogens is 1. The highest BCUT2D eigenvalue weighted by molar-refractivity contribution is 5.96. The molecule has 0 aliphatic rings. The Morgan fingerprint density at radius 3 is 2.33 bits per heavy atom. The van der Waals surface area contributed by atoms with Crippen molar-refractivity contribution in [2.75, 3.05) is 0 Å². The average molecular weight is 317 g/mol. The summed E-state index contributed by atoms with van der Waals surface area (Å²) < 4.78 is 0. The molecule has 0 saturated heterocycles. The van der Waals surface area contributed by atoms with Gasteiger partial charge in [-0.2, -0.15) is 0 Å². The summed E-state index contributed by atoms with van der Waals surface area (Å²) in [4.78, 5) is 8.73. The number of aliphatic imine (C=N–C) groups is 1. The lowest BCUT2D eigenvalue weighted by Crippen LogP contribution is -2.23. The Kier molecular flexibility index (Phi) is 4.16. The maximum Gasteiger partial charge on any atom is 0.191 e. The number of rotatable bonds is 3. The Hall–Kier alpha value is -3.34. The van der Waals surface area contributed by atoms with Crippen LogP contribution in [0, 0.1) is 6.92 Å². The molecule has 3 aromatic rings. The normalized spacial score (nSPS) is 11.9. The molecule has 3 rings (SSSR count). The summed E-state index contributed by atoms with van der Waals surface area (Å²) in [6.07, 6.45) is 0. The number of guanidine groups is 1. The van der Waals surface area contributed by atoms with Crippen molar-refractivity contribution in [3.63, 3.8) is 0 Å². The molecule has 6 N–H and O–H groups in total. The molecule has 1 aromatic heterocycles. The molecule has 5 heteroatoms. The molecule has 5 nitrogen and oxygen atoms in total. The predicted molar refractivity (Wildman–Crippen MR) is 99.7 cm³/mol. The van der Waals surface area contributed by atoms with Crippen molar-refractivity contribution in [1.29, 1.82) is 0 Å². The molecule has 0 bridgehead atoms. The average Bonchev–Trinajstić information content (AvgIpc) is 2.59. The molecular formula is C19H19N5. The van der Waals surface area contributed by atoms with Crippen molar-refractivity contribution >= 4 is 28.3 Å². The second kappa shape index (κ2) is 6.42. The number of pyridine rings is 1. The highest BCUT2D eigenvalue weighted by atomic mass is 15.0. The summed E-state index contributed by atoms with van der Waals surface area (Å²) in [5.74, 6) is -0.0325. The number of hydrogen-bond acceptors (Lipinski definition) is 3. The lowest BCUT2D eigenvalue weighted by Gasteiger charge is -2.10. The lowest BCUT2D eigenvalue weighted by molar-refractivity contribution is 1.25. The van der Waals surface area contributed by atoms with Gasteiger partial charge in [0.2, 0.25) is 0 Å². The van der Waals surface area contributed by atoms with Gasteiger partial charge < -0.3 is 17.2 Å². The number of fused-ring (bicyclic) bond motifs is 1. The summed E-state index contributed by atoms with van der Waals surface area (Å²) in [5.41, 5.74) is 22.2. The first kappa shape index (κ1) is 15.6. The van der Waals surface area contributed by atoms with E-state index in [2.05, 4.69) is 9.98 Å². The first-order valence-electron chi connectivity index (χ1n) is 7.57. The Labute approximate surface area is 140 Å². The minimum atomic E-state index is -0.0325. The van der Waals surface area contributed by atoms with E-state index in [0.29, 0.717) is 11.4 Å². The molecule has 24 heavy (non-hydrogen) atoms. The molecule has 120 valence electrons. The molecule has 0 fully saturated rings. The summed E-state index contributed by atoms with van der Waals surface area (Å²) in [6.45, 7) is 1.97. The smallest absolute Gasteiger partial charge is 0.191 e. The van der Waals surface area contributed by atoms with Gasteiger partial charge in [0.15, 0.2) is 5.96 Å². The summed E-state index contributed by atoms with van der Waals surface area (Å²) in [7, 11) is 0.